The second-order valence-electron chi connectivity index (χ2n) is 23.1. The van der Waals surface area contributed by atoms with Crippen LogP contribution in [0, 0.1) is 0 Å². The lowest BCUT2D eigenvalue weighted by atomic mass is 10.0. The van der Waals surface area contributed by atoms with Gasteiger partial charge < -0.3 is 28.8 Å². The van der Waals surface area contributed by atoms with Crippen molar-refractivity contribution in [3.63, 3.8) is 0 Å². The summed E-state index contributed by atoms with van der Waals surface area (Å²) in [6.45, 7) is 4.77. The molecule has 8 nitrogen and oxygen atoms in total. The molecule has 0 rings (SSSR count). The van der Waals surface area contributed by atoms with Gasteiger partial charge in [0.1, 0.15) is 13.2 Å². The molecule has 0 aromatic heterocycles. The van der Waals surface area contributed by atoms with E-state index in [9.17, 15) is 19.4 Å². The van der Waals surface area contributed by atoms with Crippen LogP contribution >= 0.6 is 7.82 Å². The molecule has 0 radical (unpaired) electrons. The van der Waals surface area contributed by atoms with Crippen molar-refractivity contribution in [1.82, 2.24) is 5.32 Å². The first kappa shape index (κ1) is 71.0. The van der Waals surface area contributed by atoms with Gasteiger partial charge in [-0.2, -0.15) is 0 Å². The number of phosphoric acid groups is 1. The van der Waals surface area contributed by atoms with Gasteiger partial charge >= 0.3 is 0 Å². The van der Waals surface area contributed by atoms with Crippen molar-refractivity contribution in [2.24, 2.45) is 0 Å². The highest BCUT2D eigenvalue weighted by Gasteiger charge is 2.24. The number of unbranched alkanes of at least 4 members (excludes halogenated alkanes) is 42. The average Bonchev–Trinajstić information content (AvgIpc) is 3.34. The van der Waals surface area contributed by atoms with Crippen molar-refractivity contribution in [2.45, 2.75) is 334 Å². The molecule has 1 amide bonds. The molecule has 3 atom stereocenters. The number of aliphatic hydroxyl groups excluding tert-OH is 1. The van der Waals surface area contributed by atoms with Gasteiger partial charge in [0.2, 0.25) is 5.91 Å². The number of nitrogens with one attached hydrogen (secondary N) is 1. The second-order valence-corrected chi connectivity index (χ2v) is 24.5. The fraction of sp³-hybridized carbons (Fsp3) is 0.921. The van der Waals surface area contributed by atoms with Crippen molar-refractivity contribution in [3.05, 3.63) is 24.3 Å². The van der Waals surface area contributed by atoms with Crippen LogP contribution in [0.3, 0.4) is 0 Å². The first-order chi connectivity index (χ1) is 35.0. The molecule has 9 heteroatoms. The van der Waals surface area contributed by atoms with Gasteiger partial charge in [0.05, 0.1) is 39.9 Å². The maximum Gasteiger partial charge on any atom is 0.268 e. The third kappa shape index (κ3) is 56.7. The Balaban J connectivity index is 4.04. The predicted molar refractivity (Wildman–Crippen MR) is 312 cm³/mol. The Labute approximate surface area is 449 Å². The van der Waals surface area contributed by atoms with Crippen molar-refractivity contribution in [3.8, 4) is 0 Å². The monoisotopic (exact) mass is 1040 g/mol. The number of phosphoric ester groups is 1. The summed E-state index contributed by atoms with van der Waals surface area (Å²) < 4.78 is 23.5. The number of carbonyl (C=O) groups is 1. The molecule has 0 bridgehead atoms. The summed E-state index contributed by atoms with van der Waals surface area (Å²) in [4.78, 5) is 25.6. The number of hydrogen-bond donors (Lipinski definition) is 2. The average molecular weight is 1040 g/mol. The molecule has 0 aliphatic rings. The fourth-order valence-corrected chi connectivity index (χ4v) is 10.4. The van der Waals surface area contributed by atoms with E-state index in [1.807, 2.05) is 21.1 Å². The van der Waals surface area contributed by atoms with Crippen LogP contribution in [-0.2, 0) is 18.4 Å². The third-order valence-electron chi connectivity index (χ3n) is 14.7. The third-order valence-corrected chi connectivity index (χ3v) is 15.7. The Morgan fingerprint density at radius 1 is 0.486 bits per heavy atom. The van der Waals surface area contributed by atoms with Gasteiger partial charge in [-0.15, -0.1) is 0 Å². The Hall–Kier alpha value is -1.02. The summed E-state index contributed by atoms with van der Waals surface area (Å²) in [6, 6.07) is -0.799. The lowest BCUT2D eigenvalue weighted by Crippen LogP contribution is -2.46. The normalized spacial score (nSPS) is 13.9. The first-order valence-corrected chi connectivity index (χ1v) is 33.1. The molecule has 0 spiro atoms. The molecule has 428 valence electrons. The van der Waals surface area contributed by atoms with E-state index in [2.05, 4.69) is 43.5 Å². The van der Waals surface area contributed by atoms with E-state index < -0.39 is 20.0 Å². The molecule has 0 aromatic carbocycles. The molecule has 0 aliphatic heterocycles. The molecule has 0 saturated heterocycles. The van der Waals surface area contributed by atoms with Crippen LogP contribution in [0.25, 0.3) is 0 Å². The van der Waals surface area contributed by atoms with Gasteiger partial charge in [-0.1, -0.05) is 295 Å². The van der Waals surface area contributed by atoms with E-state index in [0.717, 1.165) is 44.9 Å². The van der Waals surface area contributed by atoms with Gasteiger partial charge in [-0.25, -0.2) is 0 Å². The van der Waals surface area contributed by atoms with Gasteiger partial charge in [-0.05, 0) is 44.9 Å². The zero-order valence-corrected chi connectivity index (χ0v) is 49.8. The van der Waals surface area contributed by atoms with E-state index >= 15 is 0 Å². The Kier molecular flexibility index (Phi) is 54.0. The van der Waals surface area contributed by atoms with Crippen LogP contribution in [0.4, 0.5) is 0 Å². The van der Waals surface area contributed by atoms with Crippen LogP contribution in [0.1, 0.15) is 322 Å². The predicted octanol–water partition coefficient (Wildman–Crippen LogP) is 18.9. The van der Waals surface area contributed by atoms with Gasteiger partial charge in [0.25, 0.3) is 7.82 Å². The Bertz CT molecular complexity index is 1220. The van der Waals surface area contributed by atoms with E-state index in [1.165, 1.54) is 250 Å². The number of quaternary nitrogens is 1. The van der Waals surface area contributed by atoms with Crippen molar-refractivity contribution < 1.29 is 32.9 Å². The summed E-state index contributed by atoms with van der Waals surface area (Å²) in [5, 5.41) is 14.1. The van der Waals surface area contributed by atoms with Crippen LogP contribution < -0.4 is 10.2 Å². The molecule has 72 heavy (non-hydrogen) atoms. The van der Waals surface area contributed by atoms with Crippen molar-refractivity contribution in [1.29, 1.82) is 0 Å². The molecular formula is C63H125N2O6P. The second kappa shape index (κ2) is 54.8. The number of rotatable bonds is 59. The maximum absolute atomic E-state index is 13.0. The number of amides is 1. The van der Waals surface area contributed by atoms with Crippen LogP contribution in [0.2, 0.25) is 0 Å². The molecule has 0 saturated carbocycles. The fourth-order valence-electron chi connectivity index (χ4n) is 9.72. The number of likely N-dealkylation sites (N-methyl/N-ethyl adjacent to an activating group) is 1. The number of hydrogen-bond acceptors (Lipinski definition) is 6. The smallest absolute Gasteiger partial charge is 0.268 e. The molecule has 0 aromatic rings. The van der Waals surface area contributed by atoms with Crippen LogP contribution in [0.5, 0.6) is 0 Å². The number of nitrogens with zero attached hydrogens (tertiary/aromatic N) is 1. The summed E-state index contributed by atoms with van der Waals surface area (Å²) in [6.07, 6.45) is 69.4. The number of allylic oxidation sites excluding steroid dienone is 4. The van der Waals surface area contributed by atoms with E-state index in [4.69, 9.17) is 9.05 Å². The summed E-state index contributed by atoms with van der Waals surface area (Å²) in [7, 11) is 1.32. The number of carbonyl (C=O) groups excluding carboxylic acids is 1. The Morgan fingerprint density at radius 2 is 0.806 bits per heavy atom. The topological polar surface area (TPSA) is 108 Å². The molecule has 2 N–H and O–H groups in total. The molecule has 0 fully saturated rings. The summed E-state index contributed by atoms with van der Waals surface area (Å²) >= 11 is 0. The van der Waals surface area contributed by atoms with Crippen molar-refractivity contribution >= 4 is 13.7 Å². The zero-order valence-electron chi connectivity index (χ0n) is 48.9. The SMILES string of the molecule is CCCCCCCCCCC/C=C\C/C=C\CCCCCCCCCCCCCCCCCC(=O)NC(COP(=O)([O-])OCC[N+](C)(C)C)C(O)CCCCCCCCCCCCCCCCCCCCC. The molecule has 0 aliphatic carbocycles. The van der Waals surface area contributed by atoms with E-state index in [0.29, 0.717) is 23.9 Å². The summed E-state index contributed by atoms with van der Waals surface area (Å²) in [5.41, 5.74) is 0. The quantitative estimate of drug-likeness (QED) is 0.0272. The highest BCUT2D eigenvalue weighted by atomic mass is 31.2. The number of aliphatic hydroxyl groups is 1. The first-order valence-electron chi connectivity index (χ1n) is 31.7. The van der Waals surface area contributed by atoms with Gasteiger partial charge in [0.15, 0.2) is 0 Å². The Morgan fingerprint density at radius 3 is 1.15 bits per heavy atom. The molecule has 3 unspecified atom stereocenters. The van der Waals surface area contributed by atoms with E-state index in [-0.39, 0.29) is 19.1 Å². The van der Waals surface area contributed by atoms with Crippen molar-refractivity contribution in [2.75, 3.05) is 40.9 Å². The lowest BCUT2D eigenvalue weighted by Gasteiger charge is -2.30. The van der Waals surface area contributed by atoms with Gasteiger partial charge in [0, 0.05) is 6.42 Å². The largest absolute Gasteiger partial charge is 0.756 e. The van der Waals surface area contributed by atoms with Gasteiger partial charge in [-0.3, -0.25) is 9.36 Å². The standard InChI is InChI=1S/C63H125N2O6P/c1-6-8-10-12-14-16-18-20-22-24-26-27-28-29-30-31-32-33-34-35-36-37-39-41-43-45-47-49-51-53-55-57-63(67)64-61(60-71-72(68,69)70-59-58-65(3,4)5)62(66)56-54-52-50-48-46-44-42-40-38-25-23-21-19-17-15-13-11-9-7-2/h26-27,29-30,61-62,66H,6-25,28,31-60H2,1-5H3,(H-,64,67,68,69)/b27-26-,30-29-. The van der Waals surface area contributed by atoms with E-state index in [1.54, 1.807) is 0 Å². The minimum Gasteiger partial charge on any atom is -0.756 e. The highest BCUT2D eigenvalue weighted by molar-refractivity contribution is 7.45. The molecule has 0 heterocycles. The maximum atomic E-state index is 13.0. The zero-order chi connectivity index (χ0) is 52.7. The van der Waals surface area contributed by atoms with Crippen LogP contribution in [-0.4, -0.2) is 68.5 Å². The minimum atomic E-state index is -4.57. The highest BCUT2D eigenvalue weighted by Crippen LogP contribution is 2.38. The lowest BCUT2D eigenvalue weighted by molar-refractivity contribution is -0.870. The summed E-state index contributed by atoms with van der Waals surface area (Å²) in [5.74, 6) is -0.159. The molecular weight excluding hydrogens is 912 g/mol. The minimum absolute atomic E-state index is 0.0142. The van der Waals surface area contributed by atoms with Crippen LogP contribution in [0.15, 0.2) is 24.3 Å².